The van der Waals surface area contributed by atoms with E-state index >= 15 is 0 Å². The second-order valence-electron chi connectivity index (χ2n) is 5.69. The van der Waals surface area contributed by atoms with Gasteiger partial charge in [-0.25, -0.2) is 0 Å². The summed E-state index contributed by atoms with van der Waals surface area (Å²) in [7, 11) is 2.21. The van der Waals surface area contributed by atoms with E-state index in [-0.39, 0.29) is 0 Å². The van der Waals surface area contributed by atoms with Crippen LogP contribution in [0.5, 0.6) is 0 Å². The van der Waals surface area contributed by atoms with Gasteiger partial charge >= 0.3 is 0 Å². The Morgan fingerprint density at radius 2 is 1.93 bits per heavy atom. The molecule has 0 aromatic carbocycles. The van der Waals surface area contributed by atoms with Crippen molar-refractivity contribution in [3.05, 3.63) is 0 Å². The van der Waals surface area contributed by atoms with E-state index in [9.17, 15) is 0 Å². The monoisotopic (exact) mass is 214 g/mol. The Labute approximate surface area is 96.2 Å². The normalized spacial score (nSPS) is 16.0. The second-order valence-corrected chi connectivity index (χ2v) is 5.69. The predicted molar refractivity (Wildman–Crippen MR) is 69.0 cm³/mol. The lowest BCUT2D eigenvalue weighted by Crippen LogP contribution is -2.39. The highest BCUT2D eigenvalue weighted by atomic mass is 15.1. The zero-order chi connectivity index (χ0) is 11.9. The van der Waals surface area contributed by atoms with Crippen molar-refractivity contribution in [2.24, 2.45) is 17.1 Å². The molecule has 0 heterocycles. The average molecular weight is 214 g/mol. The fraction of sp³-hybridized carbons (Fsp3) is 1.00. The van der Waals surface area contributed by atoms with Crippen LogP contribution in [-0.2, 0) is 0 Å². The quantitative estimate of drug-likeness (QED) is 0.673. The standard InChI is InChI=1S/C13H30N2/c1-6-8-13(4,10-14)11-15(5)9-7-12(2)3/h12H,6-11,14H2,1-5H3. The Kier molecular flexibility index (Phi) is 7.20. The Morgan fingerprint density at radius 3 is 2.33 bits per heavy atom. The minimum absolute atomic E-state index is 0.306. The lowest BCUT2D eigenvalue weighted by molar-refractivity contribution is 0.179. The van der Waals surface area contributed by atoms with Crippen LogP contribution >= 0.6 is 0 Å². The van der Waals surface area contributed by atoms with E-state index < -0.39 is 0 Å². The lowest BCUT2D eigenvalue weighted by Gasteiger charge is -2.33. The maximum Gasteiger partial charge on any atom is 0.00444 e. The third kappa shape index (κ3) is 6.91. The molecule has 1 atom stereocenters. The molecule has 0 aromatic rings. The Hall–Kier alpha value is -0.0800. The Balaban J connectivity index is 3.94. The number of nitrogens with zero attached hydrogens (tertiary/aromatic N) is 1. The molecule has 0 aromatic heterocycles. The highest BCUT2D eigenvalue weighted by molar-refractivity contribution is 4.78. The van der Waals surface area contributed by atoms with Gasteiger partial charge in [-0.15, -0.1) is 0 Å². The van der Waals surface area contributed by atoms with Gasteiger partial charge < -0.3 is 10.6 Å². The molecule has 2 N–H and O–H groups in total. The molecule has 0 bridgehead atoms. The van der Waals surface area contributed by atoms with Crippen molar-refractivity contribution in [3.8, 4) is 0 Å². The molecule has 0 aliphatic carbocycles. The van der Waals surface area contributed by atoms with Crippen LogP contribution in [0.4, 0.5) is 0 Å². The molecule has 2 heteroatoms. The van der Waals surface area contributed by atoms with Gasteiger partial charge in [0, 0.05) is 6.54 Å². The zero-order valence-corrected chi connectivity index (χ0v) is 11.3. The molecule has 0 fully saturated rings. The summed E-state index contributed by atoms with van der Waals surface area (Å²) in [6.07, 6.45) is 3.74. The average Bonchev–Trinajstić information content (AvgIpc) is 2.15. The molecule has 0 aliphatic rings. The van der Waals surface area contributed by atoms with Gasteiger partial charge in [-0.3, -0.25) is 0 Å². The first kappa shape index (κ1) is 14.9. The van der Waals surface area contributed by atoms with Crippen molar-refractivity contribution in [2.45, 2.75) is 47.0 Å². The van der Waals surface area contributed by atoms with Gasteiger partial charge in [-0.05, 0) is 44.3 Å². The number of rotatable bonds is 8. The van der Waals surface area contributed by atoms with Gasteiger partial charge in [0.15, 0.2) is 0 Å². The summed E-state index contributed by atoms with van der Waals surface area (Å²) in [5, 5.41) is 0. The summed E-state index contributed by atoms with van der Waals surface area (Å²) in [5.41, 5.74) is 6.18. The topological polar surface area (TPSA) is 29.3 Å². The molecule has 92 valence electrons. The van der Waals surface area contributed by atoms with Crippen LogP contribution < -0.4 is 5.73 Å². The summed E-state index contributed by atoms with van der Waals surface area (Å²) in [6.45, 7) is 12.2. The molecule has 0 saturated heterocycles. The van der Waals surface area contributed by atoms with Crippen LogP contribution in [0.1, 0.15) is 47.0 Å². The zero-order valence-electron chi connectivity index (χ0n) is 11.3. The largest absolute Gasteiger partial charge is 0.330 e. The first-order valence-corrected chi connectivity index (χ1v) is 6.32. The van der Waals surface area contributed by atoms with Gasteiger partial charge in [0.1, 0.15) is 0 Å². The predicted octanol–water partition coefficient (Wildman–Crippen LogP) is 2.73. The van der Waals surface area contributed by atoms with Gasteiger partial charge in [-0.2, -0.15) is 0 Å². The molecule has 0 radical (unpaired) electrons. The van der Waals surface area contributed by atoms with Gasteiger partial charge in [-0.1, -0.05) is 34.1 Å². The van der Waals surface area contributed by atoms with Crippen LogP contribution in [0.25, 0.3) is 0 Å². The van der Waals surface area contributed by atoms with Crippen LogP contribution in [-0.4, -0.2) is 31.6 Å². The van der Waals surface area contributed by atoms with Crippen molar-refractivity contribution >= 4 is 0 Å². The maximum absolute atomic E-state index is 5.87. The highest BCUT2D eigenvalue weighted by Gasteiger charge is 2.23. The maximum atomic E-state index is 5.87. The van der Waals surface area contributed by atoms with Crippen molar-refractivity contribution in [3.63, 3.8) is 0 Å². The summed E-state index contributed by atoms with van der Waals surface area (Å²) in [4.78, 5) is 2.43. The van der Waals surface area contributed by atoms with E-state index in [1.165, 1.54) is 25.8 Å². The van der Waals surface area contributed by atoms with E-state index in [4.69, 9.17) is 5.73 Å². The van der Waals surface area contributed by atoms with Crippen molar-refractivity contribution < 1.29 is 0 Å². The molecule has 0 rings (SSSR count). The lowest BCUT2D eigenvalue weighted by atomic mass is 9.85. The third-order valence-electron chi connectivity index (χ3n) is 3.09. The fourth-order valence-corrected chi connectivity index (χ4v) is 2.06. The van der Waals surface area contributed by atoms with Crippen LogP contribution in [0, 0.1) is 11.3 Å². The van der Waals surface area contributed by atoms with E-state index in [1.54, 1.807) is 0 Å². The number of hydrogen-bond acceptors (Lipinski definition) is 2. The SMILES string of the molecule is CCCC(C)(CN)CN(C)CCC(C)C. The fourth-order valence-electron chi connectivity index (χ4n) is 2.06. The van der Waals surface area contributed by atoms with Crippen LogP contribution in [0.3, 0.4) is 0 Å². The highest BCUT2D eigenvalue weighted by Crippen LogP contribution is 2.22. The van der Waals surface area contributed by atoms with E-state index in [2.05, 4.69) is 39.6 Å². The molecular weight excluding hydrogens is 184 g/mol. The van der Waals surface area contributed by atoms with E-state index in [1.807, 2.05) is 0 Å². The number of hydrogen-bond donors (Lipinski definition) is 1. The van der Waals surface area contributed by atoms with Crippen molar-refractivity contribution in [1.82, 2.24) is 4.90 Å². The molecule has 0 spiro atoms. The Morgan fingerprint density at radius 1 is 1.33 bits per heavy atom. The summed E-state index contributed by atoms with van der Waals surface area (Å²) < 4.78 is 0. The van der Waals surface area contributed by atoms with E-state index in [0.29, 0.717) is 5.41 Å². The molecule has 0 aliphatic heterocycles. The minimum Gasteiger partial charge on any atom is -0.330 e. The van der Waals surface area contributed by atoms with Crippen LogP contribution in [0.15, 0.2) is 0 Å². The minimum atomic E-state index is 0.306. The van der Waals surface area contributed by atoms with Crippen molar-refractivity contribution in [1.29, 1.82) is 0 Å². The van der Waals surface area contributed by atoms with Gasteiger partial charge in [0.05, 0.1) is 0 Å². The summed E-state index contributed by atoms with van der Waals surface area (Å²) >= 11 is 0. The van der Waals surface area contributed by atoms with Crippen LogP contribution in [0.2, 0.25) is 0 Å². The smallest absolute Gasteiger partial charge is 0.00444 e. The number of nitrogens with two attached hydrogens (primary N) is 1. The molecule has 0 saturated carbocycles. The third-order valence-corrected chi connectivity index (χ3v) is 3.09. The van der Waals surface area contributed by atoms with Gasteiger partial charge in [0.2, 0.25) is 0 Å². The van der Waals surface area contributed by atoms with Gasteiger partial charge in [0.25, 0.3) is 0 Å². The molecule has 0 amide bonds. The second kappa shape index (κ2) is 7.24. The molecular formula is C13H30N2. The molecule has 15 heavy (non-hydrogen) atoms. The first-order chi connectivity index (χ1) is 6.93. The summed E-state index contributed by atoms with van der Waals surface area (Å²) in [5.74, 6) is 0.794. The van der Waals surface area contributed by atoms with Crippen molar-refractivity contribution in [2.75, 3.05) is 26.7 Å². The molecule has 1 unspecified atom stereocenters. The summed E-state index contributed by atoms with van der Waals surface area (Å²) in [6, 6.07) is 0. The van der Waals surface area contributed by atoms with E-state index in [0.717, 1.165) is 19.0 Å². The Bertz CT molecular complexity index is 157. The molecule has 2 nitrogen and oxygen atoms in total. The first-order valence-electron chi connectivity index (χ1n) is 6.32.